The zero-order chi connectivity index (χ0) is 19.3. The van der Waals surface area contributed by atoms with E-state index in [1.54, 1.807) is 6.07 Å². The van der Waals surface area contributed by atoms with E-state index in [2.05, 4.69) is 15.5 Å². The molecule has 144 valence electrons. The average molecular weight is 382 g/mol. The van der Waals surface area contributed by atoms with Crippen LogP contribution in [0, 0.1) is 5.82 Å². The van der Waals surface area contributed by atoms with Crippen LogP contribution in [0.2, 0.25) is 0 Å². The first-order valence-corrected chi connectivity index (χ1v) is 8.99. The summed E-state index contributed by atoms with van der Waals surface area (Å²) in [5, 5.41) is 11.0. The van der Waals surface area contributed by atoms with Crippen molar-refractivity contribution in [3.05, 3.63) is 77.4 Å². The highest BCUT2D eigenvalue weighted by Gasteiger charge is 2.26. The molecule has 1 aliphatic rings. The molecule has 8 heteroatoms. The Morgan fingerprint density at radius 3 is 2.50 bits per heavy atom. The number of aromatic nitrogens is 2. The number of morpholine rings is 1. The maximum atomic E-state index is 14.0. The Morgan fingerprint density at radius 2 is 1.75 bits per heavy atom. The van der Waals surface area contributed by atoms with Gasteiger partial charge in [0, 0.05) is 13.1 Å². The molecule has 2 aromatic carbocycles. The molecule has 0 spiro atoms. The fourth-order valence-corrected chi connectivity index (χ4v) is 3.01. The highest BCUT2D eigenvalue weighted by atomic mass is 19.1. The van der Waals surface area contributed by atoms with Gasteiger partial charge in [-0.3, -0.25) is 4.79 Å². The summed E-state index contributed by atoms with van der Waals surface area (Å²) >= 11 is 0. The Hall–Kier alpha value is -3.26. The molecule has 0 bridgehead atoms. The molecule has 1 aromatic heterocycles. The van der Waals surface area contributed by atoms with Gasteiger partial charge in [0.1, 0.15) is 11.9 Å². The summed E-state index contributed by atoms with van der Waals surface area (Å²) in [6.45, 7) is 2.48. The van der Waals surface area contributed by atoms with Gasteiger partial charge in [0.25, 0.3) is 5.91 Å². The summed E-state index contributed by atoms with van der Waals surface area (Å²) < 4.78 is 25.2. The molecule has 0 radical (unpaired) electrons. The van der Waals surface area contributed by atoms with Crippen LogP contribution in [-0.4, -0.2) is 42.4 Å². The predicted molar refractivity (Wildman–Crippen MR) is 99.5 cm³/mol. The van der Waals surface area contributed by atoms with Crippen molar-refractivity contribution in [2.75, 3.05) is 31.2 Å². The third kappa shape index (κ3) is 3.86. The molecule has 1 aliphatic heterocycles. The Bertz CT molecular complexity index is 941. The quantitative estimate of drug-likeness (QED) is 0.731. The van der Waals surface area contributed by atoms with Crippen molar-refractivity contribution in [2.45, 2.75) is 6.04 Å². The Kier molecular flexibility index (Phi) is 5.29. The molecule has 1 amide bonds. The van der Waals surface area contributed by atoms with Gasteiger partial charge in [0.2, 0.25) is 5.89 Å². The molecule has 1 unspecified atom stereocenters. The number of amides is 1. The van der Waals surface area contributed by atoms with Gasteiger partial charge in [0.15, 0.2) is 0 Å². The van der Waals surface area contributed by atoms with E-state index in [0.29, 0.717) is 32.3 Å². The highest BCUT2D eigenvalue weighted by Crippen LogP contribution is 2.25. The van der Waals surface area contributed by atoms with Gasteiger partial charge in [-0.2, -0.15) is 0 Å². The maximum absolute atomic E-state index is 14.0. The number of hydrogen-bond donors (Lipinski definition) is 1. The fraction of sp³-hybridized carbons (Fsp3) is 0.250. The van der Waals surface area contributed by atoms with Crippen molar-refractivity contribution in [3.8, 4) is 0 Å². The topological polar surface area (TPSA) is 80.5 Å². The molecule has 1 saturated heterocycles. The van der Waals surface area contributed by atoms with Crippen molar-refractivity contribution in [1.29, 1.82) is 0 Å². The minimum Gasteiger partial charge on any atom is -0.405 e. The number of hydrogen-bond acceptors (Lipinski definition) is 6. The van der Waals surface area contributed by atoms with Crippen molar-refractivity contribution in [2.24, 2.45) is 0 Å². The molecular formula is C20H19FN4O3. The van der Waals surface area contributed by atoms with E-state index in [1.807, 2.05) is 35.2 Å². The first-order valence-electron chi connectivity index (χ1n) is 8.99. The van der Waals surface area contributed by atoms with E-state index in [4.69, 9.17) is 9.15 Å². The number of nitrogens with one attached hydrogen (secondary N) is 1. The first kappa shape index (κ1) is 18.1. The van der Waals surface area contributed by atoms with Crippen LogP contribution in [-0.2, 0) is 4.74 Å². The minimum atomic E-state index is -0.699. The van der Waals surface area contributed by atoms with Gasteiger partial charge >= 0.3 is 6.01 Å². The molecule has 0 saturated carbocycles. The summed E-state index contributed by atoms with van der Waals surface area (Å²) in [5.41, 5.74) is 0.709. The van der Waals surface area contributed by atoms with Crippen molar-refractivity contribution in [3.63, 3.8) is 0 Å². The normalized spacial score (nSPS) is 15.2. The summed E-state index contributed by atoms with van der Waals surface area (Å²) in [6.07, 6.45) is 0. The summed E-state index contributed by atoms with van der Waals surface area (Å²) in [7, 11) is 0. The zero-order valence-corrected chi connectivity index (χ0v) is 15.0. The van der Waals surface area contributed by atoms with E-state index >= 15 is 0 Å². The Morgan fingerprint density at radius 1 is 1.04 bits per heavy atom. The van der Waals surface area contributed by atoms with Gasteiger partial charge in [0.05, 0.1) is 18.8 Å². The molecule has 2 heterocycles. The second-order valence-corrected chi connectivity index (χ2v) is 6.32. The van der Waals surface area contributed by atoms with Gasteiger partial charge < -0.3 is 19.4 Å². The molecule has 1 atom stereocenters. The van der Waals surface area contributed by atoms with Crippen LogP contribution in [0.15, 0.2) is 59.0 Å². The number of carbonyl (C=O) groups excluding carboxylic acids is 1. The second-order valence-electron chi connectivity index (χ2n) is 6.32. The van der Waals surface area contributed by atoms with Crippen LogP contribution < -0.4 is 10.2 Å². The second kappa shape index (κ2) is 8.18. The fourth-order valence-electron chi connectivity index (χ4n) is 3.01. The van der Waals surface area contributed by atoms with E-state index in [0.717, 1.165) is 5.56 Å². The molecule has 0 aliphatic carbocycles. The molecule has 1 fully saturated rings. The number of anilines is 1. The van der Waals surface area contributed by atoms with E-state index in [1.165, 1.54) is 18.2 Å². The lowest BCUT2D eigenvalue weighted by atomic mass is 10.1. The summed E-state index contributed by atoms with van der Waals surface area (Å²) in [5.74, 6) is -0.915. The van der Waals surface area contributed by atoms with Gasteiger partial charge in [-0.25, -0.2) is 4.39 Å². The smallest absolute Gasteiger partial charge is 0.318 e. The van der Waals surface area contributed by atoms with E-state index in [9.17, 15) is 9.18 Å². The van der Waals surface area contributed by atoms with Gasteiger partial charge in [-0.1, -0.05) is 47.6 Å². The van der Waals surface area contributed by atoms with Gasteiger partial charge in [-0.05, 0) is 17.7 Å². The number of carbonyl (C=O) groups is 1. The van der Waals surface area contributed by atoms with Crippen LogP contribution in [0.4, 0.5) is 10.4 Å². The van der Waals surface area contributed by atoms with Crippen molar-refractivity contribution < 1.29 is 18.3 Å². The lowest BCUT2D eigenvalue weighted by molar-refractivity contribution is 0.0933. The number of benzene rings is 2. The number of halogens is 1. The zero-order valence-electron chi connectivity index (χ0n) is 15.0. The summed E-state index contributed by atoms with van der Waals surface area (Å²) in [4.78, 5) is 14.6. The van der Waals surface area contributed by atoms with Crippen LogP contribution in [0.1, 0.15) is 27.9 Å². The molecular weight excluding hydrogens is 363 g/mol. The van der Waals surface area contributed by atoms with Crippen LogP contribution in [0.5, 0.6) is 0 Å². The van der Waals surface area contributed by atoms with E-state index < -0.39 is 17.8 Å². The standard InChI is InChI=1S/C20H19FN4O3/c21-16-9-5-4-8-15(16)18(26)22-17(14-6-2-1-3-7-14)19-23-24-20(28-19)25-10-12-27-13-11-25/h1-9,17H,10-13H2,(H,22,26). The largest absolute Gasteiger partial charge is 0.405 e. The SMILES string of the molecule is O=C(NC(c1ccccc1)c1nnc(N2CCOCC2)o1)c1ccccc1F. The number of rotatable bonds is 5. The van der Waals surface area contributed by atoms with Gasteiger partial charge in [-0.15, -0.1) is 5.10 Å². The van der Waals surface area contributed by atoms with Crippen LogP contribution in [0.3, 0.4) is 0 Å². The third-order valence-corrected chi connectivity index (χ3v) is 4.49. The molecule has 1 N–H and O–H groups in total. The molecule has 28 heavy (non-hydrogen) atoms. The minimum absolute atomic E-state index is 0.0450. The lowest BCUT2D eigenvalue weighted by Crippen LogP contribution is -2.36. The highest BCUT2D eigenvalue weighted by molar-refractivity contribution is 5.94. The monoisotopic (exact) mass is 382 g/mol. The first-order chi connectivity index (χ1) is 13.7. The average Bonchev–Trinajstić information content (AvgIpc) is 3.23. The third-order valence-electron chi connectivity index (χ3n) is 4.49. The maximum Gasteiger partial charge on any atom is 0.318 e. The van der Waals surface area contributed by atoms with E-state index in [-0.39, 0.29) is 11.5 Å². The number of ether oxygens (including phenoxy) is 1. The predicted octanol–water partition coefficient (Wildman–Crippen LogP) is 2.56. The molecule has 4 rings (SSSR count). The van der Waals surface area contributed by atoms with Crippen molar-refractivity contribution >= 4 is 11.9 Å². The molecule has 3 aromatic rings. The van der Waals surface area contributed by atoms with Crippen LogP contribution >= 0.6 is 0 Å². The Labute approximate surface area is 161 Å². The lowest BCUT2D eigenvalue weighted by Gasteiger charge is -2.24. The number of nitrogens with zero attached hydrogens (tertiary/aromatic N) is 3. The summed E-state index contributed by atoms with van der Waals surface area (Å²) in [6, 6.07) is 14.7. The van der Waals surface area contributed by atoms with Crippen molar-refractivity contribution in [1.82, 2.24) is 15.5 Å². The molecule has 7 nitrogen and oxygen atoms in total. The Balaban J connectivity index is 1.62. The van der Waals surface area contributed by atoms with Crippen LogP contribution in [0.25, 0.3) is 0 Å².